The van der Waals surface area contributed by atoms with Gasteiger partial charge in [-0.1, -0.05) is 0 Å². The van der Waals surface area contributed by atoms with Gasteiger partial charge in [-0.2, -0.15) is 13.2 Å². The molecule has 0 spiro atoms. The largest absolute Gasteiger partial charge is 0.403 e. The number of piperidine rings is 1. The Kier molecular flexibility index (Phi) is 6.23. The van der Waals surface area contributed by atoms with Crippen LogP contribution >= 0.6 is 12.0 Å². The van der Waals surface area contributed by atoms with Crippen LogP contribution in [0.1, 0.15) is 32.1 Å². The third-order valence-corrected chi connectivity index (χ3v) is 6.71. The number of hydrogen-bond donors (Lipinski definition) is 3. The van der Waals surface area contributed by atoms with E-state index in [0.717, 1.165) is 24.9 Å². The summed E-state index contributed by atoms with van der Waals surface area (Å²) in [6.45, 7) is -0.000659. The fraction of sp³-hybridized carbons (Fsp3) is 0.941. The molecule has 3 fully saturated rings. The molecule has 5 nitrogen and oxygen atoms in total. The van der Waals surface area contributed by atoms with Crippen molar-refractivity contribution in [3.05, 3.63) is 0 Å². The van der Waals surface area contributed by atoms with Crippen LogP contribution in [0.4, 0.5) is 13.2 Å². The highest BCUT2D eigenvalue weighted by molar-refractivity contribution is 7.93. The van der Waals surface area contributed by atoms with Gasteiger partial charge in [0.1, 0.15) is 11.8 Å². The summed E-state index contributed by atoms with van der Waals surface area (Å²) in [6.07, 6.45) is -2.68. The van der Waals surface area contributed by atoms with Gasteiger partial charge in [0, 0.05) is 24.1 Å². The summed E-state index contributed by atoms with van der Waals surface area (Å²) < 4.78 is 44.5. The Bertz CT molecular complexity index is 521. The van der Waals surface area contributed by atoms with E-state index >= 15 is 0 Å². The summed E-state index contributed by atoms with van der Waals surface area (Å²) >= 11 is 1.05. The molecule has 2 bridgehead atoms. The first-order chi connectivity index (χ1) is 12.2. The maximum absolute atomic E-state index is 13.1. The van der Waals surface area contributed by atoms with Crippen molar-refractivity contribution in [2.75, 3.05) is 12.9 Å². The molecule has 3 rings (SSSR count). The minimum absolute atomic E-state index is 0.000659. The number of aliphatic hydroxyl groups excluding tert-OH is 2. The predicted octanol–water partition coefficient (Wildman–Crippen LogP) is 1.92. The standard InChI is InChI=1S/C17H26F3NO4S/c1-26-25-7-11-10(4-5-12(21-11)17(18,19)20)16(24)13-14(22)8-2-3-9(6-8)15(13)23/h8-14,16,21-22,24H,2-7H2,1H3. The van der Waals surface area contributed by atoms with Crippen molar-refractivity contribution in [2.45, 2.75) is 62.6 Å². The van der Waals surface area contributed by atoms with Gasteiger partial charge in [-0.15, -0.1) is 0 Å². The molecule has 8 unspecified atom stereocenters. The number of nitrogens with one attached hydrogen (secondary N) is 1. The fourth-order valence-electron chi connectivity index (χ4n) is 4.96. The molecule has 1 aliphatic heterocycles. The summed E-state index contributed by atoms with van der Waals surface area (Å²) in [5.74, 6) is -1.75. The van der Waals surface area contributed by atoms with Crippen LogP contribution in [0, 0.1) is 23.7 Å². The van der Waals surface area contributed by atoms with Gasteiger partial charge >= 0.3 is 6.18 Å². The summed E-state index contributed by atoms with van der Waals surface area (Å²) in [7, 11) is 0. The molecule has 3 aliphatic rings. The van der Waals surface area contributed by atoms with Gasteiger partial charge in [-0.25, -0.2) is 0 Å². The summed E-state index contributed by atoms with van der Waals surface area (Å²) in [6, 6.07) is -2.37. The van der Waals surface area contributed by atoms with Crippen LogP contribution in [0.25, 0.3) is 0 Å². The molecule has 8 atom stereocenters. The third kappa shape index (κ3) is 3.92. The van der Waals surface area contributed by atoms with Gasteiger partial charge in [-0.05, 0) is 50.1 Å². The van der Waals surface area contributed by atoms with Crippen LogP contribution in [-0.4, -0.2) is 59.3 Å². The average molecular weight is 397 g/mol. The van der Waals surface area contributed by atoms with Gasteiger partial charge in [-0.3, -0.25) is 4.79 Å². The molecular formula is C17H26F3NO4S. The van der Waals surface area contributed by atoms with Crippen molar-refractivity contribution < 1.29 is 32.4 Å². The van der Waals surface area contributed by atoms with Crippen molar-refractivity contribution >= 4 is 17.8 Å². The molecule has 26 heavy (non-hydrogen) atoms. The first-order valence-electron chi connectivity index (χ1n) is 9.12. The van der Waals surface area contributed by atoms with E-state index in [-0.39, 0.29) is 37.1 Å². The van der Waals surface area contributed by atoms with E-state index in [9.17, 15) is 28.2 Å². The number of rotatable bonds is 5. The highest BCUT2D eigenvalue weighted by atomic mass is 32.2. The molecule has 2 saturated carbocycles. The zero-order chi connectivity index (χ0) is 19.1. The Hall–Kier alpha value is -0.350. The van der Waals surface area contributed by atoms with E-state index in [2.05, 4.69) is 5.32 Å². The molecule has 0 amide bonds. The summed E-state index contributed by atoms with van der Waals surface area (Å²) in [5.41, 5.74) is 0. The Morgan fingerprint density at radius 2 is 2.04 bits per heavy atom. The minimum Gasteiger partial charge on any atom is -0.392 e. The first kappa shape index (κ1) is 20.4. The molecule has 9 heteroatoms. The second-order valence-corrected chi connectivity index (χ2v) is 8.31. The highest BCUT2D eigenvalue weighted by Crippen LogP contribution is 2.46. The molecule has 3 N–H and O–H groups in total. The lowest BCUT2D eigenvalue weighted by atomic mass is 9.69. The number of ketones is 1. The Morgan fingerprint density at radius 1 is 1.31 bits per heavy atom. The molecule has 1 heterocycles. The molecule has 0 radical (unpaired) electrons. The third-order valence-electron chi connectivity index (χ3n) is 6.34. The summed E-state index contributed by atoms with van der Waals surface area (Å²) in [4.78, 5) is 12.7. The molecule has 1 saturated heterocycles. The second-order valence-electron chi connectivity index (χ2n) is 7.74. The zero-order valence-electron chi connectivity index (χ0n) is 14.6. The van der Waals surface area contributed by atoms with Crippen LogP contribution < -0.4 is 5.32 Å². The van der Waals surface area contributed by atoms with Crippen LogP contribution in [-0.2, 0) is 8.98 Å². The van der Waals surface area contributed by atoms with Gasteiger partial charge < -0.3 is 19.7 Å². The molecule has 0 aromatic heterocycles. The monoisotopic (exact) mass is 397 g/mol. The Balaban J connectivity index is 1.75. The Morgan fingerprint density at radius 3 is 2.69 bits per heavy atom. The highest BCUT2D eigenvalue weighted by Gasteiger charge is 2.53. The van der Waals surface area contributed by atoms with E-state index in [1.54, 1.807) is 6.26 Å². The molecule has 150 valence electrons. The van der Waals surface area contributed by atoms with E-state index < -0.39 is 42.3 Å². The van der Waals surface area contributed by atoms with Gasteiger partial charge in [0.05, 0.1) is 24.7 Å². The molecule has 2 aliphatic carbocycles. The van der Waals surface area contributed by atoms with Crippen molar-refractivity contribution in [3.8, 4) is 0 Å². The predicted molar refractivity (Wildman–Crippen MR) is 90.3 cm³/mol. The maximum Gasteiger partial charge on any atom is 0.403 e. The topological polar surface area (TPSA) is 78.8 Å². The van der Waals surface area contributed by atoms with Crippen molar-refractivity contribution in [1.29, 1.82) is 0 Å². The molecular weight excluding hydrogens is 371 g/mol. The lowest BCUT2D eigenvalue weighted by molar-refractivity contribution is -0.173. The zero-order valence-corrected chi connectivity index (χ0v) is 15.4. The van der Waals surface area contributed by atoms with Crippen LogP contribution in [0.15, 0.2) is 0 Å². The smallest absolute Gasteiger partial charge is 0.392 e. The number of hydrogen-bond acceptors (Lipinski definition) is 6. The number of carbonyl (C=O) groups excluding carboxylic acids is 1. The van der Waals surface area contributed by atoms with Crippen molar-refractivity contribution in [3.63, 3.8) is 0 Å². The van der Waals surface area contributed by atoms with E-state index in [1.807, 2.05) is 0 Å². The fourth-order valence-corrected chi connectivity index (χ4v) is 5.24. The van der Waals surface area contributed by atoms with Crippen molar-refractivity contribution in [1.82, 2.24) is 5.32 Å². The van der Waals surface area contributed by atoms with Crippen LogP contribution in [0.2, 0.25) is 0 Å². The van der Waals surface area contributed by atoms with Gasteiger partial charge in [0.15, 0.2) is 0 Å². The lowest BCUT2D eigenvalue weighted by Gasteiger charge is -2.44. The molecule has 0 aromatic carbocycles. The van der Waals surface area contributed by atoms with Crippen LogP contribution in [0.3, 0.4) is 0 Å². The van der Waals surface area contributed by atoms with Gasteiger partial charge in [0.25, 0.3) is 0 Å². The van der Waals surface area contributed by atoms with E-state index in [4.69, 9.17) is 4.18 Å². The molecule has 0 aromatic rings. The number of Topliss-reactive ketones (excluding diaryl/α,β-unsaturated/α-hetero) is 1. The second kappa shape index (κ2) is 7.95. The number of halogens is 3. The SMILES string of the molecule is CSOCC1NC(C(F)(F)F)CCC1C(O)C1C(=O)C2CCC(C2)C1O. The first-order valence-corrected chi connectivity index (χ1v) is 10.3. The van der Waals surface area contributed by atoms with E-state index in [0.29, 0.717) is 6.42 Å². The number of carbonyl (C=O) groups is 1. The number of aliphatic hydroxyl groups is 2. The minimum atomic E-state index is -4.37. The lowest BCUT2D eigenvalue weighted by Crippen LogP contribution is -2.60. The maximum atomic E-state index is 13.1. The van der Waals surface area contributed by atoms with E-state index in [1.165, 1.54) is 0 Å². The quantitative estimate of drug-likeness (QED) is 0.615. The number of alkyl halides is 3. The van der Waals surface area contributed by atoms with Crippen LogP contribution in [0.5, 0.6) is 0 Å². The number of fused-ring (bicyclic) bond motifs is 2. The van der Waals surface area contributed by atoms with Crippen molar-refractivity contribution in [2.24, 2.45) is 23.7 Å². The summed E-state index contributed by atoms with van der Waals surface area (Å²) in [5, 5.41) is 24.0. The average Bonchev–Trinajstić information content (AvgIpc) is 3.04. The van der Waals surface area contributed by atoms with Gasteiger partial charge in [0.2, 0.25) is 0 Å². The Labute approximate surface area is 155 Å². The normalized spacial score (nSPS) is 42.1.